The number of hydrogen-bond acceptors (Lipinski definition) is 9. The number of carbonyl (C=O) groups is 5. The average Bonchev–Trinajstić information content (AvgIpc) is 3.91. The van der Waals surface area contributed by atoms with Crippen molar-refractivity contribution in [1.82, 2.24) is 30.3 Å². The largest absolute Gasteiger partial charge is 0.444 e. The van der Waals surface area contributed by atoms with E-state index in [2.05, 4.69) is 15.5 Å². The molecular weight excluding hydrogens is 675 g/mol. The standard InChI is InChI=1S/C33H43FN6O9S/c1-32(2,3)49-29(43)36-40-14-7-5-4-6-10-21-16-33(21,28(42)37-50(46,47)23-12-13-23)35-27(41)26-15-22(18-39(26)30(40)44)48-31(45)38-17-20-9-8-11-25(34)24(20)19-38/h6,8-11,21-23,26H,4-5,7,12-19H2,1-3H3,(H,35,41)(H,36,43)(H,37,42)/b10-6-/t21-,22-,26+,33+/m1/s1. The molecule has 5 aliphatic rings. The second kappa shape index (κ2) is 13.4. The minimum absolute atomic E-state index is 0.00991. The maximum atomic E-state index is 14.4. The van der Waals surface area contributed by atoms with Gasteiger partial charge in [-0.25, -0.2) is 37.6 Å². The maximum absolute atomic E-state index is 14.4. The lowest BCUT2D eigenvalue weighted by Crippen LogP contribution is -2.59. The van der Waals surface area contributed by atoms with Crippen LogP contribution >= 0.6 is 0 Å². The first-order chi connectivity index (χ1) is 23.6. The quantitative estimate of drug-likeness (QED) is 0.386. The third-order valence-corrected chi connectivity index (χ3v) is 11.3. The zero-order chi connectivity index (χ0) is 36.0. The number of benzene rings is 1. The van der Waals surface area contributed by atoms with Gasteiger partial charge in [-0.05, 0) is 70.9 Å². The van der Waals surface area contributed by atoms with E-state index < -0.39 is 80.3 Å². The van der Waals surface area contributed by atoms with E-state index in [9.17, 15) is 36.8 Å². The molecule has 1 saturated heterocycles. The number of fused-ring (bicyclic) bond motifs is 3. The molecule has 3 heterocycles. The third-order valence-electron chi connectivity index (χ3n) is 9.45. The molecule has 1 aromatic rings. The predicted molar refractivity (Wildman–Crippen MR) is 175 cm³/mol. The molecule has 0 unspecified atom stereocenters. The molecule has 3 fully saturated rings. The Hall–Kier alpha value is -4.41. The van der Waals surface area contributed by atoms with E-state index in [-0.39, 0.29) is 39.0 Å². The number of ether oxygens (including phenoxy) is 2. The molecule has 0 radical (unpaired) electrons. The van der Waals surface area contributed by atoms with E-state index in [0.717, 1.165) is 9.91 Å². The molecule has 17 heteroatoms. The van der Waals surface area contributed by atoms with Crippen molar-refractivity contribution < 1.29 is 46.3 Å². The summed E-state index contributed by atoms with van der Waals surface area (Å²) in [6.07, 6.45) is 3.50. The zero-order valence-corrected chi connectivity index (χ0v) is 29.1. The van der Waals surface area contributed by atoms with Crippen LogP contribution in [0.4, 0.5) is 18.8 Å². The van der Waals surface area contributed by atoms with Crippen LogP contribution in [0, 0.1) is 11.7 Å². The van der Waals surface area contributed by atoms with Gasteiger partial charge in [0.15, 0.2) is 0 Å². The molecular formula is C33H43FN6O9S. The number of halogens is 1. The fourth-order valence-electron chi connectivity index (χ4n) is 6.59. The van der Waals surface area contributed by atoms with Crippen molar-refractivity contribution in [3.63, 3.8) is 0 Å². The molecule has 272 valence electrons. The van der Waals surface area contributed by atoms with Gasteiger partial charge in [0.1, 0.15) is 29.1 Å². The molecule has 1 aromatic carbocycles. The first kappa shape index (κ1) is 35.4. The molecule has 0 bridgehead atoms. The molecule has 2 saturated carbocycles. The highest BCUT2D eigenvalue weighted by atomic mass is 32.2. The topological polar surface area (TPSA) is 184 Å². The maximum Gasteiger partial charge on any atom is 0.426 e. The minimum atomic E-state index is -3.92. The fourth-order valence-corrected chi connectivity index (χ4v) is 7.96. The van der Waals surface area contributed by atoms with Gasteiger partial charge in [-0.3, -0.25) is 19.2 Å². The Bertz CT molecular complexity index is 1710. The summed E-state index contributed by atoms with van der Waals surface area (Å²) >= 11 is 0. The first-order valence-electron chi connectivity index (χ1n) is 16.9. The van der Waals surface area contributed by atoms with E-state index in [1.54, 1.807) is 39.0 Å². The van der Waals surface area contributed by atoms with Crippen LogP contribution in [0.1, 0.15) is 76.8 Å². The summed E-state index contributed by atoms with van der Waals surface area (Å²) in [5.74, 6) is -2.53. The molecule has 6 amide bonds. The Morgan fingerprint density at radius 2 is 1.86 bits per heavy atom. The van der Waals surface area contributed by atoms with Crippen LogP contribution in [0.15, 0.2) is 30.4 Å². The van der Waals surface area contributed by atoms with Crippen LogP contribution in [0.3, 0.4) is 0 Å². The SMILES string of the molecule is CC(C)(C)OC(=O)NN1CCCC/C=C\[C@@H]2C[C@]2(C(=O)NS(=O)(=O)C2CC2)NC(=O)[C@@H]2C[C@@H](OC(=O)N3Cc4cccc(F)c4C3)CN2C1=O. The monoisotopic (exact) mass is 718 g/mol. The van der Waals surface area contributed by atoms with E-state index >= 15 is 0 Å². The number of nitrogens with zero attached hydrogens (tertiary/aromatic N) is 3. The molecule has 3 N–H and O–H groups in total. The Labute approximate surface area is 289 Å². The lowest BCUT2D eigenvalue weighted by molar-refractivity contribution is -0.131. The number of rotatable bonds is 5. The number of allylic oxidation sites excluding steroid dienone is 1. The summed E-state index contributed by atoms with van der Waals surface area (Å²) in [7, 11) is -3.92. The van der Waals surface area contributed by atoms with Crippen LogP contribution in [-0.4, -0.2) is 94.9 Å². The van der Waals surface area contributed by atoms with Crippen LogP contribution in [0.25, 0.3) is 0 Å². The summed E-state index contributed by atoms with van der Waals surface area (Å²) in [5, 5.41) is 3.14. The number of carbonyl (C=O) groups excluding carboxylic acids is 5. The van der Waals surface area contributed by atoms with Gasteiger partial charge in [0, 0.05) is 31.0 Å². The van der Waals surface area contributed by atoms with Crippen molar-refractivity contribution in [2.24, 2.45) is 5.92 Å². The Morgan fingerprint density at radius 3 is 2.56 bits per heavy atom. The molecule has 50 heavy (non-hydrogen) atoms. The smallest absolute Gasteiger partial charge is 0.426 e. The van der Waals surface area contributed by atoms with Gasteiger partial charge < -0.3 is 19.7 Å². The van der Waals surface area contributed by atoms with Crippen molar-refractivity contribution in [3.05, 3.63) is 47.3 Å². The van der Waals surface area contributed by atoms with Crippen molar-refractivity contribution in [2.45, 2.75) is 107 Å². The van der Waals surface area contributed by atoms with Crippen LogP contribution in [0.5, 0.6) is 0 Å². The van der Waals surface area contributed by atoms with E-state index in [1.165, 1.54) is 11.0 Å². The number of amides is 6. The highest BCUT2D eigenvalue weighted by Crippen LogP contribution is 2.46. The second-order valence-electron chi connectivity index (χ2n) is 14.6. The van der Waals surface area contributed by atoms with Gasteiger partial charge in [-0.1, -0.05) is 24.3 Å². The highest BCUT2D eigenvalue weighted by Gasteiger charge is 2.62. The summed E-state index contributed by atoms with van der Waals surface area (Å²) in [5.41, 5.74) is 1.08. The van der Waals surface area contributed by atoms with Crippen molar-refractivity contribution in [1.29, 1.82) is 0 Å². The Morgan fingerprint density at radius 1 is 1.10 bits per heavy atom. The number of sulfonamides is 1. The lowest BCUT2D eigenvalue weighted by atomic mass is 10.1. The second-order valence-corrected chi connectivity index (χ2v) is 16.5. The Balaban J connectivity index is 1.24. The average molecular weight is 719 g/mol. The highest BCUT2D eigenvalue weighted by molar-refractivity contribution is 7.91. The molecule has 6 rings (SSSR count). The molecule has 2 aliphatic carbocycles. The van der Waals surface area contributed by atoms with Crippen molar-refractivity contribution in [2.75, 3.05) is 13.1 Å². The third kappa shape index (κ3) is 7.66. The molecule has 4 atom stereocenters. The van der Waals surface area contributed by atoms with Gasteiger partial charge >= 0.3 is 18.2 Å². The van der Waals surface area contributed by atoms with Crippen LogP contribution < -0.4 is 15.5 Å². The predicted octanol–water partition coefficient (Wildman–Crippen LogP) is 2.81. The van der Waals surface area contributed by atoms with Gasteiger partial charge in [-0.15, -0.1) is 0 Å². The summed E-state index contributed by atoms with van der Waals surface area (Å²) < 4.78 is 53.0. The van der Waals surface area contributed by atoms with Gasteiger partial charge in [-0.2, -0.15) is 0 Å². The molecule has 15 nitrogen and oxygen atoms in total. The van der Waals surface area contributed by atoms with E-state index in [1.807, 2.05) is 6.08 Å². The van der Waals surface area contributed by atoms with Gasteiger partial charge in [0.25, 0.3) is 5.91 Å². The Kier molecular flexibility index (Phi) is 9.47. The first-order valence-corrected chi connectivity index (χ1v) is 18.5. The van der Waals surface area contributed by atoms with E-state index in [0.29, 0.717) is 43.2 Å². The number of urea groups is 1. The number of hydrazine groups is 1. The summed E-state index contributed by atoms with van der Waals surface area (Å²) in [6.45, 7) is 4.96. The van der Waals surface area contributed by atoms with E-state index in [4.69, 9.17) is 9.47 Å². The fraction of sp³-hybridized carbons (Fsp3) is 0.606. The molecule has 0 aromatic heterocycles. The molecule has 0 spiro atoms. The van der Waals surface area contributed by atoms with Gasteiger partial charge in [0.2, 0.25) is 15.9 Å². The van der Waals surface area contributed by atoms with Crippen LogP contribution in [0.2, 0.25) is 0 Å². The normalized spacial score (nSPS) is 27.6. The lowest BCUT2D eigenvalue weighted by Gasteiger charge is -2.32. The molecule has 3 aliphatic heterocycles. The van der Waals surface area contributed by atoms with Crippen LogP contribution in [-0.2, 0) is 42.2 Å². The minimum Gasteiger partial charge on any atom is -0.444 e. The van der Waals surface area contributed by atoms with Crippen molar-refractivity contribution >= 4 is 40.1 Å². The van der Waals surface area contributed by atoms with Gasteiger partial charge in [0.05, 0.1) is 18.3 Å². The summed E-state index contributed by atoms with van der Waals surface area (Å²) in [4.78, 5) is 70.3. The number of nitrogens with one attached hydrogen (secondary N) is 3. The zero-order valence-electron chi connectivity index (χ0n) is 28.3. The summed E-state index contributed by atoms with van der Waals surface area (Å²) in [6, 6.07) is 2.55. The number of hydrogen-bond donors (Lipinski definition) is 3. The van der Waals surface area contributed by atoms with Crippen molar-refractivity contribution in [3.8, 4) is 0 Å².